The number of amides is 1. The average Bonchev–Trinajstić information content (AvgIpc) is 2.35. The van der Waals surface area contributed by atoms with E-state index in [4.69, 9.17) is 14.6 Å². The average molecular weight is 215 g/mol. The van der Waals surface area contributed by atoms with Gasteiger partial charge in [-0.25, -0.2) is 0 Å². The molecule has 0 aromatic rings. The Hall–Kier alpha value is -1.14. The minimum atomic E-state index is -0.653. The molecule has 2 saturated heterocycles. The number of aliphatic hydroxyl groups excluding tert-OH is 1. The molecular formula is C9H13NO5. The van der Waals surface area contributed by atoms with Crippen molar-refractivity contribution in [1.29, 1.82) is 0 Å². The van der Waals surface area contributed by atoms with Crippen molar-refractivity contribution in [2.24, 2.45) is 0 Å². The van der Waals surface area contributed by atoms with Gasteiger partial charge in [-0.2, -0.15) is 0 Å². The molecule has 0 radical (unpaired) electrons. The summed E-state index contributed by atoms with van der Waals surface area (Å²) in [6, 6.07) is 0. The molecule has 0 aromatic carbocycles. The van der Waals surface area contributed by atoms with Crippen molar-refractivity contribution in [2.45, 2.75) is 25.2 Å². The third-order valence-corrected chi connectivity index (χ3v) is 2.56. The first kappa shape index (κ1) is 10.4. The number of esters is 1. The zero-order valence-corrected chi connectivity index (χ0v) is 8.22. The summed E-state index contributed by atoms with van der Waals surface area (Å²) < 4.78 is 10.1. The molecule has 1 amide bonds. The van der Waals surface area contributed by atoms with Crippen LogP contribution in [-0.4, -0.2) is 54.0 Å². The van der Waals surface area contributed by atoms with E-state index in [2.05, 4.69) is 0 Å². The first-order valence-electron chi connectivity index (χ1n) is 4.95. The molecule has 2 rings (SSSR count). The molecule has 84 valence electrons. The molecule has 0 bridgehead atoms. The van der Waals surface area contributed by atoms with Crippen molar-refractivity contribution < 1.29 is 24.2 Å². The Bertz CT molecular complexity index is 280. The van der Waals surface area contributed by atoms with Crippen molar-refractivity contribution >= 4 is 11.9 Å². The Balaban J connectivity index is 1.76. The zero-order valence-electron chi connectivity index (χ0n) is 8.22. The summed E-state index contributed by atoms with van der Waals surface area (Å²) in [4.78, 5) is 24.0. The van der Waals surface area contributed by atoms with Crippen LogP contribution >= 0.6 is 0 Å². The van der Waals surface area contributed by atoms with E-state index in [9.17, 15) is 9.59 Å². The second-order valence-electron chi connectivity index (χ2n) is 3.56. The quantitative estimate of drug-likeness (QED) is 0.600. The summed E-state index contributed by atoms with van der Waals surface area (Å²) in [6.45, 7) is 0.433. The van der Waals surface area contributed by atoms with Crippen LogP contribution in [0, 0.1) is 0 Å². The van der Waals surface area contributed by atoms with Gasteiger partial charge in [0.1, 0.15) is 12.8 Å². The van der Waals surface area contributed by atoms with Gasteiger partial charge in [-0.1, -0.05) is 0 Å². The fraction of sp³-hybridized carbons (Fsp3) is 0.778. The number of aliphatic hydroxyl groups is 1. The molecule has 2 atom stereocenters. The van der Waals surface area contributed by atoms with E-state index in [0.29, 0.717) is 0 Å². The summed E-state index contributed by atoms with van der Waals surface area (Å²) in [5, 5.41) is 8.47. The standard InChI is InChI=1S/C9H13NO5/c11-4-2-8(12)14-5-6-9(13)10-3-1-7(10)15-6/h6-7,11H,1-5H2. The Morgan fingerprint density at radius 2 is 2.47 bits per heavy atom. The molecule has 2 aliphatic rings. The zero-order chi connectivity index (χ0) is 10.8. The highest BCUT2D eigenvalue weighted by atomic mass is 16.6. The Morgan fingerprint density at radius 1 is 1.67 bits per heavy atom. The minimum Gasteiger partial charge on any atom is -0.462 e. The van der Waals surface area contributed by atoms with Crippen LogP contribution in [0.3, 0.4) is 0 Å². The molecule has 0 saturated carbocycles. The van der Waals surface area contributed by atoms with Gasteiger partial charge in [0, 0.05) is 13.0 Å². The molecule has 6 nitrogen and oxygen atoms in total. The minimum absolute atomic E-state index is 0.0476. The molecule has 2 aliphatic heterocycles. The van der Waals surface area contributed by atoms with Gasteiger partial charge in [-0.3, -0.25) is 9.59 Å². The van der Waals surface area contributed by atoms with Crippen molar-refractivity contribution in [3.63, 3.8) is 0 Å². The monoisotopic (exact) mass is 215 g/mol. The smallest absolute Gasteiger partial charge is 0.308 e. The van der Waals surface area contributed by atoms with Crippen LogP contribution in [0.15, 0.2) is 0 Å². The highest BCUT2D eigenvalue weighted by Gasteiger charge is 2.46. The topological polar surface area (TPSA) is 76.1 Å². The summed E-state index contributed by atoms with van der Waals surface area (Å²) in [6.07, 6.45) is 0.0418. The lowest BCUT2D eigenvalue weighted by Gasteiger charge is -2.32. The summed E-state index contributed by atoms with van der Waals surface area (Å²) in [5.41, 5.74) is 0. The predicted molar refractivity (Wildman–Crippen MR) is 47.7 cm³/mol. The third-order valence-electron chi connectivity index (χ3n) is 2.56. The number of nitrogens with zero attached hydrogens (tertiary/aromatic N) is 1. The van der Waals surface area contributed by atoms with Crippen LogP contribution in [0.4, 0.5) is 0 Å². The third kappa shape index (κ3) is 1.95. The molecule has 2 fully saturated rings. The number of ether oxygens (including phenoxy) is 2. The Morgan fingerprint density at radius 3 is 2.93 bits per heavy atom. The van der Waals surface area contributed by atoms with Gasteiger partial charge >= 0.3 is 5.97 Å². The maximum atomic E-state index is 11.5. The number of hydrogen-bond donors (Lipinski definition) is 1. The van der Waals surface area contributed by atoms with Gasteiger partial charge < -0.3 is 19.5 Å². The molecule has 15 heavy (non-hydrogen) atoms. The summed E-state index contributed by atoms with van der Waals surface area (Å²) in [7, 11) is 0. The summed E-state index contributed by atoms with van der Waals surface area (Å²) >= 11 is 0. The van der Waals surface area contributed by atoms with Gasteiger partial charge in [0.05, 0.1) is 13.0 Å². The number of carbonyl (C=O) groups is 2. The molecule has 0 spiro atoms. The lowest BCUT2D eigenvalue weighted by atomic mass is 10.2. The highest BCUT2D eigenvalue weighted by molar-refractivity contribution is 5.84. The number of rotatable bonds is 4. The van der Waals surface area contributed by atoms with Crippen LogP contribution < -0.4 is 0 Å². The number of carbonyl (C=O) groups excluding carboxylic acids is 2. The summed E-state index contributed by atoms with van der Waals surface area (Å²) in [5.74, 6) is -0.619. The molecular weight excluding hydrogens is 202 g/mol. The molecule has 0 aromatic heterocycles. The Kier molecular flexibility index (Phi) is 2.88. The Labute approximate surface area is 86.8 Å². The maximum absolute atomic E-state index is 11.5. The number of fused-ring (bicyclic) bond motifs is 1. The lowest BCUT2D eigenvalue weighted by Crippen LogP contribution is -2.46. The van der Waals surface area contributed by atoms with E-state index in [0.717, 1.165) is 13.0 Å². The SMILES string of the molecule is O=C(CCO)OCC1OC2CCN2C1=O. The van der Waals surface area contributed by atoms with Crippen molar-refractivity contribution in [1.82, 2.24) is 4.90 Å². The largest absolute Gasteiger partial charge is 0.462 e. The van der Waals surface area contributed by atoms with E-state index < -0.39 is 12.1 Å². The van der Waals surface area contributed by atoms with Crippen LogP contribution in [0.25, 0.3) is 0 Å². The van der Waals surface area contributed by atoms with Gasteiger partial charge in [-0.15, -0.1) is 0 Å². The molecule has 2 heterocycles. The maximum Gasteiger partial charge on any atom is 0.308 e. The molecule has 1 N–H and O–H groups in total. The second kappa shape index (κ2) is 4.16. The second-order valence-corrected chi connectivity index (χ2v) is 3.56. The van der Waals surface area contributed by atoms with E-state index in [1.165, 1.54) is 0 Å². The van der Waals surface area contributed by atoms with Gasteiger partial charge in [0.2, 0.25) is 0 Å². The first-order chi connectivity index (χ1) is 7.22. The van der Waals surface area contributed by atoms with Crippen molar-refractivity contribution in [2.75, 3.05) is 19.8 Å². The lowest BCUT2D eigenvalue weighted by molar-refractivity contribution is -0.149. The fourth-order valence-electron chi connectivity index (χ4n) is 1.63. The van der Waals surface area contributed by atoms with E-state index >= 15 is 0 Å². The van der Waals surface area contributed by atoms with Crippen molar-refractivity contribution in [3.05, 3.63) is 0 Å². The van der Waals surface area contributed by atoms with Gasteiger partial charge in [0.25, 0.3) is 5.91 Å². The predicted octanol–water partition coefficient (Wildman–Crippen LogP) is -1.13. The van der Waals surface area contributed by atoms with Crippen molar-refractivity contribution in [3.8, 4) is 0 Å². The number of hydrogen-bond acceptors (Lipinski definition) is 5. The normalized spacial score (nSPS) is 28.6. The van der Waals surface area contributed by atoms with E-state index in [-0.39, 0.29) is 31.8 Å². The first-order valence-corrected chi connectivity index (χ1v) is 4.95. The van der Waals surface area contributed by atoms with Gasteiger partial charge in [-0.05, 0) is 0 Å². The van der Waals surface area contributed by atoms with Crippen LogP contribution in [0.1, 0.15) is 12.8 Å². The fourth-order valence-corrected chi connectivity index (χ4v) is 1.63. The van der Waals surface area contributed by atoms with E-state index in [1.807, 2.05) is 0 Å². The van der Waals surface area contributed by atoms with Crippen LogP contribution in [0.5, 0.6) is 0 Å². The molecule has 2 unspecified atom stereocenters. The van der Waals surface area contributed by atoms with Crippen LogP contribution in [0.2, 0.25) is 0 Å². The molecule has 0 aliphatic carbocycles. The molecule has 6 heteroatoms. The van der Waals surface area contributed by atoms with Gasteiger partial charge in [0.15, 0.2) is 6.10 Å². The van der Waals surface area contributed by atoms with E-state index in [1.54, 1.807) is 4.90 Å². The highest BCUT2D eigenvalue weighted by Crippen LogP contribution is 2.28. The van der Waals surface area contributed by atoms with Crippen LogP contribution in [-0.2, 0) is 19.1 Å².